The van der Waals surface area contributed by atoms with Crippen molar-refractivity contribution in [3.8, 4) is 0 Å². The molecule has 2 aliphatic rings. The highest BCUT2D eigenvalue weighted by Crippen LogP contribution is 2.31. The van der Waals surface area contributed by atoms with Crippen LogP contribution in [0.15, 0.2) is 5.38 Å². The molecule has 1 aromatic rings. The molecule has 0 spiro atoms. The zero-order valence-electron chi connectivity index (χ0n) is 12.8. The van der Waals surface area contributed by atoms with E-state index in [9.17, 15) is 4.79 Å². The quantitative estimate of drug-likeness (QED) is 0.783. The molecule has 6 heteroatoms. The third-order valence-corrected chi connectivity index (χ3v) is 4.95. The number of nitrogens with zero attached hydrogens (tertiary/aromatic N) is 2. The van der Waals surface area contributed by atoms with Gasteiger partial charge in [0.2, 0.25) is 0 Å². The molecule has 3 heterocycles. The van der Waals surface area contributed by atoms with Gasteiger partial charge in [0, 0.05) is 30.3 Å². The fourth-order valence-corrected chi connectivity index (χ4v) is 3.78. The second-order valence-corrected chi connectivity index (χ2v) is 7.54. The van der Waals surface area contributed by atoms with Crippen LogP contribution < -0.4 is 0 Å². The van der Waals surface area contributed by atoms with Crippen LogP contribution in [0.4, 0.5) is 0 Å². The molecule has 0 unspecified atom stereocenters. The average Bonchev–Trinajstić information content (AvgIpc) is 3.06. The number of hydrogen-bond donors (Lipinski definition) is 0. The molecule has 0 N–H and O–H groups in total. The Bertz CT molecular complexity index is 523. The molecule has 3 rings (SSSR count). The number of thiazole rings is 1. The predicted molar refractivity (Wildman–Crippen MR) is 80.4 cm³/mol. The highest BCUT2D eigenvalue weighted by molar-refractivity contribution is 7.09. The normalized spacial score (nSPS) is 27.9. The Morgan fingerprint density at radius 3 is 2.81 bits per heavy atom. The van der Waals surface area contributed by atoms with E-state index in [1.807, 2.05) is 0 Å². The van der Waals surface area contributed by atoms with Crippen LogP contribution in [-0.2, 0) is 19.7 Å². The first-order valence-corrected chi connectivity index (χ1v) is 8.31. The van der Waals surface area contributed by atoms with Gasteiger partial charge in [0.15, 0.2) is 0 Å². The van der Waals surface area contributed by atoms with Crippen molar-refractivity contribution in [2.75, 3.05) is 26.3 Å². The number of esters is 1. The Morgan fingerprint density at radius 2 is 2.19 bits per heavy atom. The van der Waals surface area contributed by atoms with E-state index in [2.05, 4.69) is 31.1 Å². The van der Waals surface area contributed by atoms with Crippen molar-refractivity contribution in [1.82, 2.24) is 9.88 Å². The molecule has 116 valence electrons. The Labute approximate surface area is 129 Å². The molecule has 0 amide bonds. The molecular formula is C15H22N2O3S. The molecule has 1 aromatic heterocycles. The third-order valence-electron chi connectivity index (χ3n) is 4.01. The summed E-state index contributed by atoms with van der Waals surface area (Å²) >= 11 is 1.65. The molecule has 2 saturated heterocycles. The summed E-state index contributed by atoms with van der Waals surface area (Å²) in [5, 5.41) is 3.12. The second-order valence-electron chi connectivity index (χ2n) is 6.65. The Kier molecular flexibility index (Phi) is 4.03. The lowest BCUT2D eigenvalue weighted by molar-refractivity contribution is -0.144. The van der Waals surface area contributed by atoms with Gasteiger partial charge in [-0.3, -0.25) is 9.69 Å². The molecule has 2 fully saturated rings. The van der Waals surface area contributed by atoms with Gasteiger partial charge in [-0.05, 0) is 0 Å². The van der Waals surface area contributed by atoms with Crippen LogP contribution >= 0.6 is 11.3 Å². The van der Waals surface area contributed by atoms with Crippen molar-refractivity contribution in [3.05, 3.63) is 16.1 Å². The number of carbonyl (C=O) groups excluding carboxylic acids is 1. The maximum atomic E-state index is 11.7. The largest absolute Gasteiger partial charge is 0.464 e. The first kappa shape index (κ1) is 14.9. The summed E-state index contributed by atoms with van der Waals surface area (Å²) in [6, 6.07) is -0.0987. The Balaban J connectivity index is 1.71. The van der Waals surface area contributed by atoms with Crippen LogP contribution in [0.25, 0.3) is 0 Å². The van der Waals surface area contributed by atoms with Gasteiger partial charge in [-0.1, -0.05) is 20.8 Å². The fourth-order valence-electron chi connectivity index (χ4n) is 2.70. The lowest BCUT2D eigenvalue weighted by Gasteiger charge is -2.34. The monoisotopic (exact) mass is 310 g/mol. The topological polar surface area (TPSA) is 51.7 Å². The number of hydrogen-bond acceptors (Lipinski definition) is 6. The molecule has 0 bridgehead atoms. The van der Waals surface area contributed by atoms with Crippen molar-refractivity contribution in [3.63, 3.8) is 0 Å². The summed E-state index contributed by atoms with van der Waals surface area (Å²) in [5.41, 5.74) is 1.15. The minimum Gasteiger partial charge on any atom is -0.464 e. The van der Waals surface area contributed by atoms with E-state index in [0.717, 1.165) is 30.2 Å². The van der Waals surface area contributed by atoms with Crippen LogP contribution in [0, 0.1) is 0 Å². The molecule has 0 saturated carbocycles. The van der Waals surface area contributed by atoms with E-state index >= 15 is 0 Å². The van der Waals surface area contributed by atoms with Crippen LogP contribution in [0.1, 0.15) is 44.0 Å². The third kappa shape index (κ3) is 3.12. The summed E-state index contributed by atoms with van der Waals surface area (Å²) in [6.07, 6.45) is 0.754. The Hall–Kier alpha value is -0.980. The minimum absolute atomic E-state index is 0.0340. The van der Waals surface area contributed by atoms with Crippen molar-refractivity contribution in [2.45, 2.75) is 44.8 Å². The molecule has 0 aliphatic carbocycles. The zero-order chi connectivity index (χ0) is 15.0. The number of carbonyl (C=O) groups is 1. The van der Waals surface area contributed by atoms with E-state index in [4.69, 9.17) is 14.5 Å². The van der Waals surface area contributed by atoms with Gasteiger partial charge < -0.3 is 9.47 Å². The van der Waals surface area contributed by atoms with Crippen LogP contribution in [0.2, 0.25) is 0 Å². The molecule has 0 radical (unpaired) electrons. The van der Waals surface area contributed by atoms with Crippen molar-refractivity contribution in [2.24, 2.45) is 0 Å². The van der Waals surface area contributed by atoms with Crippen molar-refractivity contribution in [1.29, 1.82) is 0 Å². The second kappa shape index (κ2) is 5.66. The highest BCUT2D eigenvalue weighted by atomic mass is 32.1. The van der Waals surface area contributed by atoms with E-state index < -0.39 is 0 Å². The van der Waals surface area contributed by atoms with Gasteiger partial charge >= 0.3 is 5.97 Å². The van der Waals surface area contributed by atoms with E-state index in [1.54, 1.807) is 11.3 Å². The lowest BCUT2D eigenvalue weighted by atomic mass is 9.93. The van der Waals surface area contributed by atoms with Gasteiger partial charge in [-0.25, -0.2) is 4.98 Å². The maximum absolute atomic E-state index is 11.7. The van der Waals surface area contributed by atoms with E-state index in [1.165, 1.54) is 0 Å². The summed E-state index contributed by atoms with van der Waals surface area (Å²) in [5.74, 6) is -0.0924. The standard InChI is InChI=1S/C15H22N2O3S/c1-15(2,3)12-9-21-13(16-12)11-8-17(5-7-19-11)10-4-6-20-14(10)18/h9-11H,4-8H2,1-3H3/t10-,11+/m1/s1. The van der Waals surface area contributed by atoms with Gasteiger partial charge in [0.05, 0.1) is 18.9 Å². The number of cyclic esters (lactones) is 1. The van der Waals surface area contributed by atoms with Crippen LogP contribution in [-0.4, -0.2) is 48.2 Å². The summed E-state index contributed by atoms with van der Waals surface area (Å²) in [4.78, 5) is 18.7. The zero-order valence-corrected chi connectivity index (χ0v) is 13.6. The fraction of sp³-hybridized carbons (Fsp3) is 0.733. The van der Waals surface area contributed by atoms with Gasteiger partial charge in [-0.15, -0.1) is 11.3 Å². The molecule has 2 atom stereocenters. The smallest absolute Gasteiger partial charge is 0.323 e. The van der Waals surface area contributed by atoms with Crippen LogP contribution in [0.3, 0.4) is 0 Å². The summed E-state index contributed by atoms with van der Waals surface area (Å²) in [6.45, 7) is 9.16. The summed E-state index contributed by atoms with van der Waals surface area (Å²) in [7, 11) is 0. The number of aromatic nitrogens is 1. The molecular weight excluding hydrogens is 288 g/mol. The first-order valence-electron chi connectivity index (χ1n) is 7.43. The highest BCUT2D eigenvalue weighted by Gasteiger charge is 2.36. The van der Waals surface area contributed by atoms with Gasteiger partial charge in [-0.2, -0.15) is 0 Å². The Morgan fingerprint density at radius 1 is 1.38 bits per heavy atom. The maximum Gasteiger partial charge on any atom is 0.323 e. The van der Waals surface area contributed by atoms with Crippen LogP contribution in [0.5, 0.6) is 0 Å². The molecule has 0 aromatic carbocycles. The molecule has 21 heavy (non-hydrogen) atoms. The lowest BCUT2D eigenvalue weighted by Crippen LogP contribution is -2.46. The number of rotatable bonds is 2. The average molecular weight is 310 g/mol. The van der Waals surface area contributed by atoms with E-state index in [0.29, 0.717) is 13.2 Å². The van der Waals surface area contributed by atoms with E-state index in [-0.39, 0.29) is 23.5 Å². The summed E-state index contributed by atoms with van der Waals surface area (Å²) < 4.78 is 10.9. The number of morpholine rings is 1. The van der Waals surface area contributed by atoms with Gasteiger partial charge in [0.1, 0.15) is 17.2 Å². The SMILES string of the molecule is CC(C)(C)c1csc([C@@H]2CN([C@@H]3CCOC3=O)CCO2)n1. The van der Waals surface area contributed by atoms with Crippen molar-refractivity contribution >= 4 is 17.3 Å². The molecule has 5 nitrogen and oxygen atoms in total. The first-order chi connectivity index (χ1) is 9.95. The van der Waals surface area contributed by atoms with Crippen molar-refractivity contribution < 1.29 is 14.3 Å². The predicted octanol–water partition coefficient (Wildman–Crippen LogP) is 2.13. The molecule has 2 aliphatic heterocycles. The number of ether oxygens (including phenoxy) is 2. The van der Waals surface area contributed by atoms with Gasteiger partial charge in [0.25, 0.3) is 0 Å². The minimum atomic E-state index is -0.0987.